The van der Waals surface area contributed by atoms with E-state index in [1.165, 1.54) is 24.0 Å². The van der Waals surface area contributed by atoms with Crippen molar-refractivity contribution in [3.63, 3.8) is 0 Å². The number of hydrogen-bond donors (Lipinski definition) is 1. The molecule has 1 N–H and O–H groups in total. The van der Waals surface area contributed by atoms with Gasteiger partial charge >= 0.3 is 0 Å². The second-order valence-corrected chi connectivity index (χ2v) is 4.59. The summed E-state index contributed by atoms with van der Waals surface area (Å²) < 4.78 is 0. The number of pyridine rings is 1. The molecule has 17 heavy (non-hydrogen) atoms. The standard InChI is InChI=1S/C15H16N2/c1-2-5-13-10-14(8-7-12(13)4-1)17-15-6-3-9-16-11-15/h1-6,9,11,14,17H,7-8,10H2. The van der Waals surface area contributed by atoms with Gasteiger partial charge in [0.05, 0.1) is 5.69 Å². The first kappa shape index (κ1) is 10.3. The van der Waals surface area contributed by atoms with E-state index in [0.29, 0.717) is 6.04 Å². The van der Waals surface area contributed by atoms with Crippen molar-refractivity contribution in [1.29, 1.82) is 0 Å². The molecule has 1 heterocycles. The molecule has 1 unspecified atom stereocenters. The lowest BCUT2D eigenvalue weighted by atomic mass is 9.88. The fraction of sp³-hybridized carbons (Fsp3) is 0.267. The van der Waals surface area contributed by atoms with Crippen LogP contribution in [0.4, 0.5) is 5.69 Å². The van der Waals surface area contributed by atoms with E-state index in [-0.39, 0.29) is 0 Å². The molecule has 0 saturated heterocycles. The molecule has 2 nitrogen and oxygen atoms in total. The first-order valence-electron chi connectivity index (χ1n) is 6.15. The lowest BCUT2D eigenvalue weighted by Crippen LogP contribution is -2.27. The molecule has 0 bridgehead atoms. The highest BCUT2D eigenvalue weighted by Gasteiger charge is 2.17. The second-order valence-electron chi connectivity index (χ2n) is 4.59. The summed E-state index contributed by atoms with van der Waals surface area (Å²) in [6, 6.07) is 13.3. The Morgan fingerprint density at radius 3 is 2.76 bits per heavy atom. The molecule has 1 aromatic carbocycles. The molecule has 0 amide bonds. The second kappa shape index (κ2) is 4.58. The predicted molar refractivity (Wildman–Crippen MR) is 70.1 cm³/mol. The Hall–Kier alpha value is -1.83. The molecule has 0 saturated carbocycles. The zero-order chi connectivity index (χ0) is 11.5. The van der Waals surface area contributed by atoms with Crippen LogP contribution in [0.2, 0.25) is 0 Å². The van der Waals surface area contributed by atoms with Crippen molar-refractivity contribution in [2.45, 2.75) is 25.3 Å². The van der Waals surface area contributed by atoms with E-state index in [1.807, 2.05) is 12.3 Å². The Bertz CT molecular complexity index is 493. The van der Waals surface area contributed by atoms with E-state index in [9.17, 15) is 0 Å². The molecule has 0 aliphatic heterocycles. The Morgan fingerprint density at radius 2 is 1.94 bits per heavy atom. The van der Waals surface area contributed by atoms with Gasteiger partial charge in [0.25, 0.3) is 0 Å². The van der Waals surface area contributed by atoms with Crippen LogP contribution in [0.1, 0.15) is 17.5 Å². The minimum absolute atomic E-state index is 0.536. The first-order valence-corrected chi connectivity index (χ1v) is 6.15. The topological polar surface area (TPSA) is 24.9 Å². The largest absolute Gasteiger partial charge is 0.381 e. The van der Waals surface area contributed by atoms with Gasteiger partial charge in [0.1, 0.15) is 0 Å². The van der Waals surface area contributed by atoms with Crippen LogP contribution in [0, 0.1) is 0 Å². The van der Waals surface area contributed by atoms with Gasteiger partial charge in [-0.1, -0.05) is 24.3 Å². The third kappa shape index (κ3) is 2.31. The lowest BCUT2D eigenvalue weighted by molar-refractivity contribution is 0.610. The quantitative estimate of drug-likeness (QED) is 0.848. The van der Waals surface area contributed by atoms with Crippen molar-refractivity contribution < 1.29 is 0 Å². The predicted octanol–water partition coefficient (Wildman–Crippen LogP) is 3.05. The fourth-order valence-electron chi connectivity index (χ4n) is 2.50. The highest BCUT2D eigenvalue weighted by atomic mass is 14.9. The molecule has 1 atom stereocenters. The molecule has 1 aliphatic carbocycles. The summed E-state index contributed by atoms with van der Waals surface area (Å²) in [4.78, 5) is 4.13. The van der Waals surface area contributed by atoms with Gasteiger partial charge in [-0.25, -0.2) is 0 Å². The van der Waals surface area contributed by atoms with E-state index < -0.39 is 0 Å². The summed E-state index contributed by atoms with van der Waals surface area (Å²) in [7, 11) is 0. The SMILES string of the molecule is c1cncc(NC2CCc3ccccc3C2)c1. The van der Waals surface area contributed by atoms with Crippen LogP contribution in [0.15, 0.2) is 48.8 Å². The van der Waals surface area contributed by atoms with Gasteiger partial charge in [-0.05, 0) is 42.5 Å². The van der Waals surface area contributed by atoms with Gasteiger partial charge in [-0.2, -0.15) is 0 Å². The maximum absolute atomic E-state index is 4.13. The lowest BCUT2D eigenvalue weighted by Gasteiger charge is -2.26. The van der Waals surface area contributed by atoms with Crippen LogP contribution < -0.4 is 5.32 Å². The summed E-state index contributed by atoms with van der Waals surface area (Å²) >= 11 is 0. The number of anilines is 1. The third-order valence-electron chi connectivity index (χ3n) is 3.38. The molecule has 86 valence electrons. The fourth-order valence-corrected chi connectivity index (χ4v) is 2.50. The first-order chi connectivity index (χ1) is 8.42. The normalized spacial score (nSPS) is 18.5. The molecule has 0 spiro atoms. The molecular weight excluding hydrogens is 208 g/mol. The van der Waals surface area contributed by atoms with Crippen molar-refractivity contribution >= 4 is 5.69 Å². The van der Waals surface area contributed by atoms with Crippen molar-refractivity contribution in [1.82, 2.24) is 4.98 Å². The average Bonchev–Trinajstić information content (AvgIpc) is 2.40. The van der Waals surface area contributed by atoms with E-state index >= 15 is 0 Å². The van der Waals surface area contributed by atoms with Crippen molar-refractivity contribution in [3.8, 4) is 0 Å². The Balaban J connectivity index is 1.72. The number of fused-ring (bicyclic) bond motifs is 1. The Labute approximate surface area is 102 Å². The van der Waals surface area contributed by atoms with Gasteiger partial charge < -0.3 is 5.32 Å². The number of rotatable bonds is 2. The van der Waals surface area contributed by atoms with Gasteiger partial charge in [-0.3, -0.25) is 4.98 Å². The zero-order valence-electron chi connectivity index (χ0n) is 9.76. The Kier molecular flexibility index (Phi) is 2.78. The van der Waals surface area contributed by atoms with Crippen LogP contribution in [0.5, 0.6) is 0 Å². The van der Waals surface area contributed by atoms with Gasteiger partial charge in [0.2, 0.25) is 0 Å². The van der Waals surface area contributed by atoms with Crippen molar-refractivity contribution in [2.75, 3.05) is 5.32 Å². The molecule has 2 heteroatoms. The zero-order valence-corrected chi connectivity index (χ0v) is 9.76. The maximum Gasteiger partial charge on any atom is 0.0528 e. The number of nitrogens with zero attached hydrogens (tertiary/aromatic N) is 1. The maximum atomic E-state index is 4.13. The highest BCUT2D eigenvalue weighted by molar-refractivity contribution is 5.42. The van der Waals surface area contributed by atoms with Crippen LogP contribution in [0.3, 0.4) is 0 Å². The summed E-state index contributed by atoms with van der Waals surface area (Å²) in [5.74, 6) is 0. The molecule has 1 aliphatic rings. The van der Waals surface area contributed by atoms with Gasteiger partial charge in [0.15, 0.2) is 0 Å². The summed E-state index contributed by atoms with van der Waals surface area (Å²) in [6.07, 6.45) is 7.19. The average molecular weight is 224 g/mol. The van der Waals surface area contributed by atoms with Crippen LogP contribution in [0.25, 0.3) is 0 Å². The van der Waals surface area contributed by atoms with Gasteiger partial charge in [0, 0.05) is 18.4 Å². The number of aryl methyl sites for hydroxylation is 1. The molecule has 2 aromatic rings. The monoisotopic (exact) mass is 224 g/mol. The molecule has 3 rings (SSSR count). The summed E-state index contributed by atoms with van der Waals surface area (Å²) in [5, 5.41) is 3.56. The minimum Gasteiger partial charge on any atom is -0.381 e. The smallest absolute Gasteiger partial charge is 0.0528 e. The van der Waals surface area contributed by atoms with Crippen LogP contribution in [-0.2, 0) is 12.8 Å². The van der Waals surface area contributed by atoms with Crippen molar-refractivity contribution in [2.24, 2.45) is 0 Å². The van der Waals surface area contributed by atoms with Gasteiger partial charge in [-0.15, -0.1) is 0 Å². The van der Waals surface area contributed by atoms with Crippen molar-refractivity contribution in [3.05, 3.63) is 59.9 Å². The molecular formula is C15H16N2. The Morgan fingerprint density at radius 1 is 1.06 bits per heavy atom. The van der Waals surface area contributed by atoms with E-state index in [1.54, 1.807) is 6.20 Å². The number of nitrogens with one attached hydrogen (secondary N) is 1. The summed E-state index contributed by atoms with van der Waals surface area (Å²) in [6.45, 7) is 0. The number of hydrogen-bond acceptors (Lipinski definition) is 2. The van der Waals surface area contributed by atoms with E-state index in [0.717, 1.165) is 12.1 Å². The van der Waals surface area contributed by atoms with E-state index in [2.05, 4.69) is 40.6 Å². The molecule has 1 aromatic heterocycles. The van der Waals surface area contributed by atoms with Crippen LogP contribution in [-0.4, -0.2) is 11.0 Å². The molecule has 0 radical (unpaired) electrons. The molecule has 0 fully saturated rings. The third-order valence-corrected chi connectivity index (χ3v) is 3.38. The van der Waals surface area contributed by atoms with E-state index in [4.69, 9.17) is 0 Å². The minimum atomic E-state index is 0.536. The van der Waals surface area contributed by atoms with Crippen LogP contribution >= 0.6 is 0 Å². The highest BCUT2D eigenvalue weighted by Crippen LogP contribution is 2.23. The number of aromatic nitrogens is 1. The number of benzene rings is 1. The summed E-state index contributed by atoms with van der Waals surface area (Å²) in [5.41, 5.74) is 4.12.